The van der Waals surface area contributed by atoms with Gasteiger partial charge in [0, 0.05) is 19.2 Å². The van der Waals surface area contributed by atoms with Crippen molar-refractivity contribution in [1.82, 2.24) is 5.32 Å². The summed E-state index contributed by atoms with van der Waals surface area (Å²) in [6.07, 6.45) is 4.25. The highest BCUT2D eigenvalue weighted by Gasteiger charge is 2.26. The van der Waals surface area contributed by atoms with Crippen molar-refractivity contribution in [3.63, 3.8) is 0 Å². The number of carbonyl (C=O) groups is 1. The fourth-order valence-corrected chi connectivity index (χ4v) is 3.17. The van der Waals surface area contributed by atoms with Gasteiger partial charge < -0.3 is 16.0 Å². The van der Waals surface area contributed by atoms with Crippen molar-refractivity contribution < 1.29 is 9.72 Å². The first kappa shape index (κ1) is 20.2. The molecule has 0 aliphatic heterocycles. The molecule has 0 spiro atoms. The molecule has 24 heavy (non-hydrogen) atoms. The molecular formula is C16H25ClN4O3. The van der Waals surface area contributed by atoms with E-state index in [0.717, 1.165) is 25.7 Å². The maximum absolute atomic E-state index is 12.3. The summed E-state index contributed by atoms with van der Waals surface area (Å²) < 4.78 is 0. The number of nitro benzene ring substituents is 1. The van der Waals surface area contributed by atoms with Gasteiger partial charge in [0.25, 0.3) is 5.69 Å². The van der Waals surface area contributed by atoms with Crippen molar-refractivity contribution in [2.45, 2.75) is 31.7 Å². The van der Waals surface area contributed by atoms with Crippen LogP contribution in [0.5, 0.6) is 0 Å². The van der Waals surface area contributed by atoms with Crippen LogP contribution in [0.2, 0.25) is 0 Å². The highest BCUT2D eigenvalue weighted by Crippen LogP contribution is 2.27. The lowest BCUT2D eigenvalue weighted by atomic mass is 9.84. The van der Waals surface area contributed by atoms with Gasteiger partial charge in [0.15, 0.2) is 0 Å². The molecule has 0 saturated heterocycles. The van der Waals surface area contributed by atoms with E-state index in [-0.39, 0.29) is 36.6 Å². The van der Waals surface area contributed by atoms with E-state index in [1.54, 1.807) is 30.1 Å². The highest BCUT2D eigenvalue weighted by molar-refractivity contribution is 5.85. The van der Waals surface area contributed by atoms with Gasteiger partial charge in [-0.05, 0) is 31.4 Å². The largest absolute Gasteiger partial charge is 0.360 e. The summed E-state index contributed by atoms with van der Waals surface area (Å²) in [5.41, 5.74) is 6.22. The van der Waals surface area contributed by atoms with Crippen LogP contribution in [0.4, 0.5) is 11.4 Å². The second-order valence-corrected chi connectivity index (χ2v) is 6.06. The molecule has 2 atom stereocenters. The van der Waals surface area contributed by atoms with Crippen LogP contribution in [0.25, 0.3) is 0 Å². The number of hydrogen-bond donors (Lipinski definition) is 2. The number of anilines is 1. The van der Waals surface area contributed by atoms with Crippen molar-refractivity contribution in [3.8, 4) is 0 Å². The zero-order valence-corrected chi connectivity index (χ0v) is 14.6. The lowest BCUT2D eigenvalue weighted by Crippen LogP contribution is -2.47. The average Bonchev–Trinajstić information content (AvgIpc) is 2.55. The summed E-state index contributed by atoms with van der Waals surface area (Å²) in [4.78, 5) is 24.5. The summed E-state index contributed by atoms with van der Waals surface area (Å²) >= 11 is 0. The van der Waals surface area contributed by atoms with Crippen LogP contribution >= 0.6 is 12.4 Å². The Morgan fingerprint density at radius 3 is 2.71 bits per heavy atom. The molecule has 0 radical (unpaired) electrons. The van der Waals surface area contributed by atoms with Gasteiger partial charge in [-0.1, -0.05) is 25.0 Å². The minimum absolute atomic E-state index is 0. The SMILES string of the molecule is CN(CC(=O)NC1CCCCC1CN)c1ccccc1[N+](=O)[O-].Cl. The van der Waals surface area contributed by atoms with Crippen LogP contribution in [0.15, 0.2) is 24.3 Å². The molecule has 1 aromatic rings. The van der Waals surface area contributed by atoms with Crippen molar-refractivity contribution in [2.24, 2.45) is 11.7 Å². The highest BCUT2D eigenvalue weighted by atomic mass is 35.5. The second kappa shape index (κ2) is 9.44. The van der Waals surface area contributed by atoms with Gasteiger partial charge in [0.1, 0.15) is 5.69 Å². The molecule has 1 fully saturated rings. The van der Waals surface area contributed by atoms with Crippen LogP contribution in [-0.2, 0) is 4.79 Å². The molecule has 1 aliphatic carbocycles. The van der Waals surface area contributed by atoms with E-state index >= 15 is 0 Å². The Morgan fingerprint density at radius 1 is 1.38 bits per heavy atom. The number of halogens is 1. The van der Waals surface area contributed by atoms with E-state index in [1.807, 2.05) is 0 Å². The van der Waals surface area contributed by atoms with E-state index in [1.165, 1.54) is 6.07 Å². The molecule has 2 rings (SSSR count). The maximum Gasteiger partial charge on any atom is 0.292 e. The van der Waals surface area contributed by atoms with Crippen LogP contribution in [0, 0.1) is 16.0 Å². The number of amides is 1. The molecule has 2 unspecified atom stereocenters. The Hall–Kier alpha value is -1.86. The van der Waals surface area contributed by atoms with Gasteiger partial charge in [-0.25, -0.2) is 0 Å². The zero-order valence-electron chi connectivity index (χ0n) is 13.8. The standard InChI is InChI=1S/C16H24N4O3.ClH/c1-19(14-8-4-5-9-15(14)20(22)23)11-16(21)18-13-7-3-2-6-12(13)10-17;/h4-5,8-9,12-13H,2-3,6-7,10-11,17H2,1H3,(H,18,21);1H. The Morgan fingerprint density at radius 2 is 2.04 bits per heavy atom. The first-order valence-electron chi connectivity index (χ1n) is 7.97. The fraction of sp³-hybridized carbons (Fsp3) is 0.562. The molecule has 0 bridgehead atoms. The number of nitrogens with two attached hydrogens (primary N) is 1. The van der Waals surface area contributed by atoms with Crippen molar-refractivity contribution in [1.29, 1.82) is 0 Å². The molecule has 1 amide bonds. The number of rotatable bonds is 6. The molecule has 8 heteroatoms. The molecule has 3 N–H and O–H groups in total. The fourth-order valence-electron chi connectivity index (χ4n) is 3.17. The predicted molar refractivity (Wildman–Crippen MR) is 96.6 cm³/mol. The minimum atomic E-state index is -0.435. The van der Waals surface area contributed by atoms with E-state index < -0.39 is 4.92 Å². The number of benzene rings is 1. The molecular weight excluding hydrogens is 332 g/mol. The number of nitrogens with one attached hydrogen (secondary N) is 1. The first-order valence-corrected chi connectivity index (χ1v) is 7.97. The molecule has 0 heterocycles. The van der Waals surface area contributed by atoms with Gasteiger partial charge >= 0.3 is 0 Å². The van der Waals surface area contributed by atoms with E-state index in [0.29, 0.717) is 18.2 Å². The van der Waals surface area contributed by atoms with Gasteiger partial charge in [0.05, 0.1) is 11.5 Å². The number of nitrogens with zero attached hydrogens (tertiary/aromatic N) is 2. The Labute approximate surface area is 148 Å². The summed E-state index contributed by atoms with van der Waals surface area (Å²) in [5, 5.41) is 14.1. The predicted octanol–water partition coefficient (Wildman–Crippen LogP) is 2.09. The van der Waals surface area contributed by atoms with Crippen molar-refractivity contribution in [3.05, 3.63) is 34.4 Å². The quantitative estimate of drug-likeness (QED) is 0.600. The summed E-state index contributed by atoms with van der Waals surface area (Å²) in [6.45, 7) is 0.656. The third-order valence-electron chi connectivity index (χ3n) is 4.43. The molecule has 134 valence electrons. The Kier molecular flexibility index (Phi) is 7.94. The topological polar surface area (TPSA) is 102 Å². The Balaban J connectivity index is 0.00000288. The van der Waals surface area contributed by atoms with Crippen LogP contribution < -0.4 is 16.0 Å². The van der Waals surface area contributed by atoms with Crippen LogP contribution in [-0.4, -0.2) is 37.0 Å². The van der Waals surface area contributed by atoms with Crippen molar-refractivity contribution in [2.75, 3.05) is 25.0 Å². The summed E-state index contributed by atoms with van der Waals surface area (Å²) in [6, 6.07) is 6.54. The second-order valence-electron chi connectivity index (χ2n) is 6.06. The van der Waals surface area contributed by atoms with Gasteiger partial charge in [-0.3, -0.25) is 14.9 Å². The van der Waals surface area contributed by atoms with Crippen LogP contribution in [0.3, 0.4) is 0 Å². The molecule has 1 saturated carbocycles. The first-order chi connectivity index (χ1) is 11.0. The summed E-state index contributed by atoms with van der Waals surface area (Å²) in [5.74, 6) is 0.195. The Bertz CT molecular complexity index is 570. The average molecular weight is 357 g/mol. The monoisotopic (exact) mass is 356 g/mol. The number of para-hydroxylation sites is 2. The third-order valence-corrected chi connectivity index (χ3v) is 4.43. The minimum Gasteiger partial charge on any atom is -0.360 e. The lowest BCUT2D eigenvalue weighted by Gasteiger charge is -2.32. The van der Waals surface area contributed by atoms with E-state index in [4.69, 9.17) is 5.73 Å². The normalized spacial score (nSPS) is 19.9. The summed E-state index contributed by atoms with van der Waals surface area (Å²) in [7, 11) is 1.68. The lowest BCUT2D eigenvalue weighted by molar-refractivity contribution is -0.384. The third kappa shape index (κ3) is 5.07. The number of nitro groups is 1. The molecule has 7 nitrogen and oxygen atoms in total. The van der Waals surface area contributed by atoms with Gasteiger partial charge in [-0.15, -0.1) is 12.4 Å². The smallest absolute Gasteiger partial charge is 0.292 e. The van der Waals surface area contributed by atoms with Crippen molar-refractivity contribution >= 4 is 29.7 Å². The van der Waals surface area contributed by atoms with Crippen LogP contribution in [0.1, 0.15) is 25.7 Å². The number of carbonyl (C=O) groups excluding carboxylic acids is 1. The number of likely N-dealkylation sites (N-methyl/N-ethyl adjacent to an activating group) is 1. The molecule has 1 aliphatic rings. The molecule has 0 aromatic heterocycles. The van der Waals surface area contributed by atoms with Gasteiger partial charge in [-0.2, -0.15) is 0 Å². The molecule has 1 aromatic carbocycles. The number of hydrogen-bond acceptors (Lipinski definition) is 5. The van der Waals surface area contributed by atoms with Gasteiger partial charge in [0.2, 0.25) is 5.91 Å². The van der Waals surface area contributed by atoms with E-state index in [2.05, 4.69) is 5.32 Å². The zero-order chi connectivity index (χ0) is 16.8. The maximum atomic E-state index is 12.3. The van der Waals surface area contributed by atoms with E-state index in [9.17, 15) is 14.9 Å².